The molecule has 158 valence electrons. The van der Waals surface area contributed by atoms with Crippen molar-refractivity contribution in [3.63, 3.8) is 0 Å². The predicted octanol–water partition coefficient (Wildman–Crippen LogP) is 4.89. The quantitative estimate of drug-likeness (QED) is 0.467. The number of aryl methyl sites for hydroxylation is 2. The van der Waals surface area contributed by atoms with Gasteiger partial charge in [-0.2, -0.15) is 0 Å². The van der Waals surface area contributed by atoms with Crippen LogP contribution in [-0.2, 0) is 6.54 Å². The molecule has 4 aromatic rings. The lowest BCUT2D eigenvalue weighted by Crippen LogP contribution is -2.24. The Bertz CT molecular complexity index is 1340. The van der Waals surface area contributed by atoms with Crippen LogP contribution in [0.1, 0.15) is 33.5 Å². The monoisotopic (exact) mass is 434 g/mol. The summed E-state index contributed by atoms with van der Waals surface area (Å²) in [4.78, 5) is 31.2. The van der Waals surface area contributed by atoms with Crippen LogP contribution in [0.15, 0.2) is 53.3 Å². The van der Waals surface area contributed by atoms with E-state index < -0.39 is 5.97 Å². The smallest absolute Gasteiger partial charge is 0.335 e. The number of aromatic nitrogens is 2. The SMILES string of the molecule is CCOc1ccc(-c2c(C)sc3nc(C)n(Cc4cccc(C(=O)O)c4)c(=O)c23)cc1. The van der Waals surface area contributed by atoms with Crippen molar-refractivity contribution in [2.24, 2.45) is 0 Å². The summed E-state index contributed by atoms with van der Waals surface area (Å²) in [6.07, 6.45) is 0. The molecule has 0 atom stereocenters. The fourth-order valence-corrected chi connectivity index (χ4v) is 4.78. The topological polar surface area (TPSA) is 81.4 Å². The van der Waals surface area contributed by atoms with Gasteiger partial charge in [-0.05, 0) is 56.2 Å². The Balaban J connectivity index is 1.84. The van der Waals surface area contributed by atoms with E-state index in [-0.39, 0.29) is 17.7 Å². The van der Waals surface area contributed by atoms with Crippen LogP contribution in [0.5, 0.6) is 5.75 Å². The number of benzene rings is 2. The molecule has 0 fully saturated rings. The molecule has 0 unspecified atom stereocenters. The van der Waals surface area contributed by atoms with Crippen molar-refractivity contribution in [1.82, 2.24) is 9.55 Å². The highest BCUT2D eigenvalue weighted by Crippen LogP contribution is 2.36. The summed E-state index contributed by atoms with van der Waals surface area (Å²) in [5.74, 6) is 0.386. The first-order valence-corrected chi connectivity index (χ1v) is 10.8. The molecule has 0 saturated heterocycles. The number of ether oxygens (including phenoxy) is 1. The number of carboxylic acid groups (broad SMARTS) is 1. The molecule has 0 aliphatic heterocycles. The molecule has 6 nitrogen and oxygen atoms in total. The average molecular weight is 435 g/mol. The van der Waals surface area contributed by atoms with Gasteiger partial charge in [-0.15, -0.1) is 11.3 Å². The molecule has 0 aliphatic rings. The average Bonchev–Trinajstić information content (AvgIpc) is 3.08. The van der Waals surface area contributed by atoms with Crippen LogP contribution < -0.4 is 10.3 Å². The molecule has 0 radical (unpaired) electrons. The standard InChI is InChI=1S/C24H22N2O4S/c1-4-30-19-10-8-17(9-11-19)20-14(2)31-22-21(20)23(27)26(15(3)25-22)13-16-6-5-7-18(12-16)24(28)29/h5-12H,4,13H2,1-3H3,(H,28,29). The van der Waals surface area contributed by atoms with Gasteiger partial charge in [0.2, 0.25) is 0 Å². The first-order chi connectivity index (χ1) is 14.9. The van der Waals surface area contributed by atoms with E-state index in [1.54, 1.807) is 23.6 Å². The fraction of sp³-hybridized carbons (Fsp3) is 0.208. The molecule has 0 aliphatic carbocycles. The molecule has 31 heavy (non-hydrogen) atoms. The zero-order valence-corrected chi connectivity index (χ0v) is 18.3. The van der Waals surface area contributed by atoms with Gasteiger partial charge >= 0.3 is 5.97 Å². The second kappa shape index (κ2) is 8.35. The summed E-state index contributed by atoms with van der Waals surface area (Å²) in [5.41, 5.74) is 2.62. The van der Waals surface area contributed by atoms with E-state index >= 15 is 0 Å². The second-order valence-electron chi connectivity index (χ2n) is 7.23. The van der Waals surface area contributed by atoms with E-state index in [9.17, 15) is 14.7 Å². The van der Waals surface area contributed by atoms with Gasteiger partial charge in [-0.3, -0.25) is 9.36 Å². The van der Waals surface area contributed by atoms with Crippen molar-refractivity contribution in [2.75, 3.05) is 6.61 Å². The lowest BCUT2D eigenvalue weighted by molar-refractivity contribution is 0.0696. The zero-order valence-electron chi connectivity index (χ0n) is 17.5. The molecule has 0 saturated carbocycles. The Labute approximate surface area is 183 Å². The zero-order chi connectivity index (χ0) is 22.1. The van der Waals surface area contributed by atoms with Crippen LogP contribution in [0.25, 0.3) is 21.3 Å². The molecule has 0 amide bonds. The highest BCUT2D eigenvalue weighted by molar-refractivity contribution is 7.19. The predicted molar refractivity (Wildman–Crippen MR) is 122 cm³/mol. The summed E-state index contributed by atoms with van der Waals surface area (Å²) in [6, 6.07) is 14.3. The minimum atomic E-state index is -0.995. The lowest BCUT2D eigenvalue weighted by atomic mass is 10.0. The van der Waals surface area contributed by atoms with Crippen molar-refractivity contribution in [1.29, 1.82) is 0 Å². The van der Waals surface area contributed by atoms with E-state index in [2.05, 4.69) is 4.98 Å². The fourth-order valence-electron chi connectivity index (χ4n) is 3.70. The second-order valence-corrected chi connectivity index (χ2v) is 8.43. The number of carboxylic acids is 1. The van der Waals surface area contributed by atoms with E-state index in [1.165, 1.54) is 17.4 Å². The van der Waals surface area contributed by atoms with E-state index in [4.69, 9.17) is 4.74 Å². The number of thiophene rings is 1. The van der Waals surface area contributed by atoms with Crippen LogP contribution in [0, 0.1) is 13.8 Å². The molecule has 4 rings (SSSR count). The summed E-state index contributed by atoms with van der Waals surface area (Å²) in [6.45, 7) is 6.58. The Hall–Kier alpha value is -3.45. The Morgan fingerprint density at radius 3 is 2.58 bits per heavy atom. The highest BCUT2D eigenvalue weighted by Gasteiger charge is 2.19. The number of carbonyl (C=O) groups is 1. The Morgan fingerprint density at radius 2 is 1.90 bits per heavy atom. The molecular weight excluding hydrogens is 412 g/mol. The molecule has 2 aromatic carbocycles. The number of hydrogen-bond donors (Lipinski definition) is 1. The van der Waals surface area contributed by atoms with Gasteiger partial charge in [0, 0.05) is 10.4 Å². The van der Waals surface area contributed by atoms with Crippen molar-refractivity contribution in [2.45, 2.75) is 27.3 Å². The van der Waals surface area contributed by atoms with Crippen LogP contribution >= 0.6 is 11.3 Å². The van der Waals surface area contributed by atoms with Crippen LogP contribution in [0.3, 0.4) is 0 Å². The third-order valence-corrected chi connectivity index (χ3v) is 6.15. The summed E-state index contributed by atoms with van der Waals surface area (Å²) < 4.78 is 7.13. The molecule has 2 aromatic heterocycles. The van der Waals surface area contributed by atoms with Crippen molar-refractivity contribution >= 4 is 27.5 Å². The van der Waals surface area contributed by atoms with Crippen molar-refractivity contribution in [3.05, 3.63) is 80.7 Å². The summed E-state index contributed by atoms with van der Waals surface area (Å²) in [7, 11) is 0. The van der Waals surface area contributed by atoms with E-state index in [0.717, 1.165) is 27.3 Å². The number of rotatable bonds is 6. The summed E-state index contributed by atoms with van der Waals surface area (Å²) in [5, 5.41) is 9.85. The van der Waals surface area contributed by atoms with Gasteiger partial charge < -0.3 is 9.84 Å². The van der Waals surface area contributed by atoms with Gasteiger partial charge in [0.05, 0.1) is 24.1 Å². The van der Waals surface area contributed by atoms with Gasteiger partial charge in [0.15, 0.2) is 0 Å². The van der Waals surface area contributed by atoms with Crippen molar-refractivity contribution in [3.8, 4) is 16.9 Å². The van der Waals surface area contributed by atoms with Gasteiger partial charge in [-0.25, -0.2) is 9.78 Å². The highest BCUT2D eigenvalue weighted by atomic mass is 32.1. The van der Waals surface area contributed by atoms with E-state index in [0.29, 0.717) is 22.6 Å². The first-order valence-electron chi connectivity index (χ1n) is 9.95. The molecule has 7 heteroatoms. The van der Waals surface area contributed by atoms with Gasteiger partial charge in [0.25, 0.3) is 5.56 Å². The maximum absolute atomic E-state index is 13.5. The normalized spacial score (nSPS) is 11.1. The van der Waals surface area contributed by atoms with E-state index in [1.807, 2.05) is 44.2 Å². The number of aromatic carboxylic acids is 1. The minimum absolute atomic E-state index is 0.128. The largest absolute Gasteiger partial charge is 0.494 e. The molecule has 0 bridgehead atoms. The van der Waals surface area contributed by atoms with Crippen LogP contribution in [-0.4, -0.2) is 27.2 Å². The lowest BCUT2D eigenvalue weighted by Gasteiger charge is -2.11. The Morgan fingerprint density at radius 1 is 1.16 bits per heavy atom. The maximum Gasteiger partial charge on any atom is 0.335 e. The molecular formula is C24H22N2O4S. The van der Waals surface area contributed by atoms with Crippen LogP contribution in [0.4, 0.5) is 0 Å². The third kappa shape index (κ3) is 3.96. The number of hydrogen-bond acceptors (Lipinski definition) is 5. The Kier molecular flexibility index (Phi) is 5.61. The summed E-state index contributed by atoms with van der Waals surface area (Å²) >= 11 is 1.50. The van der Waals surface area contributed by atoms with Crippen molar-refractivity contribution < 1.29 is 14.6 Å². The number of nitrogens with zero attached hydrogens (tertiary/aromatic N) is 2. The van der Waals surface area contributed by atoms with Crippen LogP contribution in [0.2, 0.25) is 0 Å². The van der Waals surface area contributed by atoms with Gasteiger partial charge in [0.1, 0.15) is 16.4 Å². The number of fused-ring (bicyclic) bond motifs is 1. The maximum atomic E-state index is 13.5. The minimum Gasteiger partial charge on any atom is -0.494 e. The molecule has 1 N–H and O–H groups in total. The third-order valence-electron chi connectivity index (χ3n) is 5.15. The van der Waals surface area contributed by atoms with Gasteiger partial charge in [-0.1, -0.05) is 24.3 Å². The molecule has 2 heterocycles. The molecule has 0 spiro atoms. The first kappa shape index (κ1) is 20.8.